The lowest BCUT2D eigenvalue weighted by molar-refractivity contribution is -0.127. The SMILES string of the molecule is COc1ccccc1O[C@H](C)C(=O)NCc1ccncc1. The largest absolute Gasteiger partial charge is 0.493 e. The van der Waals surface area contributed by atoms with Gasteiger partial charge in [-0.2, -0.15) is 0 Å². The molecule has 0 spiro atoms. The van der Waals surface area contributed by atoms with Gasteiger partial charge in [0, 0.05) is 18.9 Å². The van der Waals surface area contributed by atoms with E-state index in [0.29, 0.717) is 18.0 Å². The van der Waals surface area contributed by atoms with E-state index in [1.807, 2.05) is 24.3 Å². The van der Waals surface area contributed by atoms with Crippen LogP contribution in [0, 0.1) is 0 Å². The molecular weight excluding hydrogens is 268 g/mol. The molecule has 0 bridgehead atoms. The molecule has 1 aromatic carbocycles. The van der Waals surface area contributed by atoms with Crippen molar-refractivity contribution in [2.24, 2.45) is 0 Å². The number of ether oxygens (including phenoxy) is 2. The molecule has 5 heteroatoms. The van der Waals surface area contributed by atoms with Crippen LogP contribution in [0.3, 0.4) is 0 Å². The molecule has 1 aromatic heterocycles. The van der Waals surface area contributed by atoms with Crippen LogP contribution in [0.25, 0.3) is 0 Å². The van der Waals surface area contributed by atoms with Crippen LogP contribution in [0.4, 0.5) is 0 Å². The topological polar surface area (TPSA) is 60.5 Å². The molecule has 0 aliphatic rings. The molecule has 1 amide bonds. The second-order valence-corrected chi connectivity index (χ2v) is 4.48. The molecule has 0 saturated carbocycles. The van der Waals surface area contributed by atoms with Gasteiger partial charge in [0.15, 0.2) is 17.6 Å². The minimum absolute atomic E-state index is 0.183. The lowest BCUT2D eigenvalue weighted by Gasteiger charge is -2.16. The number of nitrogens with zero attached hydrogens (tertiary/aromatic N) is 1. The Hall–Kier alpha value is -2.56. The van der Waals surface area contributed by atoms with Gasteiger partial charge in [0.25, 0.3) is 5.91 Å². The standard InChI is InChI=1S/C16H18N2O3/c1-12(21-15-6-4-3-5-14(15)20-2)16(19)18-11-13-7-9-17-10-8-13/h3-10,12H,11H2,1-2H3,(H,18,19)/t12-/m1/s1. The van der Waals surface area contributed by atoms with Crippen molar-refractivity contribution in [3.05, 3.63) is 54.4 Å². The zero-order valence-corrected chi connectivity index (χ0v) is 12.1. The molecule has 0 aliphatic carbocycles. The van der Waals surface area contributed by atoms with E-state index < -0.39 is 6.10 Å². The molecule has 0 fully saturated rings. The van der Waals surface area contributed by atoms with Crippen molar-refractivity contribution in [1.82, 2.24) is 10.3 Å². The maximum atomic E-state index is 12.0. The molecule has 110 valence electrons. The predicted octanol–water partition coefficient (Wildman–Crippen LogP) is 2.17. The Morgan fingerprint density at radius 1 is 1.19 bits per heavy atom. The summed E-state index contributed by atoms with van der Waals surface area (Å²) in [4.78, 5) is 16.0. The fourth-order valence-electron chi connectivity index (χ4n) is 1.79. The third kappa shape index (κ3) is 4.21. The van der Waals surface area contributed by atoms with E-state index in [1.165, 1.54) is 0 Å². The molecule has 2 aromatic rings. The van der Waals surface area contributed by atoms with Crippen LogP contribution < -0.4 is 14.8 Å². The summed E-state index contributed by atoms with van der Waals surface area (Å²) in [6.07, 6.45) is 2.77. The number of carbonyl (C=O) groups excluding carboxylic acids is 1. The van der Waals surface area contributed by atoms with Crippen molar-refractivity contribution in [2.75, 3.05) is 7.11 Å². The number of hydrogen-bond acceptors (Lipinski definition) is 4. The van der Waals surface area contributed by atoms with Crippen LogP contribution >= 0.6 is 0 Å². The molecule has 1 N–H and O–H groups in total. The average Bonchev–Trinajstić information content (AvgIpc) is 2.54. The third-order valence-electron chi connectivity index (χ3n) is 2.96. The number of benzene rings is 1. The number of carbonyl (C=O) groups is 1. The summed E-state index contributed by atoms with van der Waals surface area (Å²) in [5.41, 5.74) is 0.989. The Morgan fingerprint density at radius 3 is 2.52 bits per heavy atom. The highest BCUT2D eigenvalue weighted by molar-refractivity contribution is 5.80. The van der Waals surface area contributed by atoms with Crippen molar-refractivity contribution in [1.29, 1.82) is 0 Å². The summed E-state index contributed by atoms with van der Waals surface area (Å²) in [5, 5.41) is 2.82. The van der Waals surface area contributed by atoms with Gasteiger partial charge in [-0.05, 0) is 36.8 Å². The summed E-state index contributed by atoms with van der Waals surface area (Å²) < 4.78 is 10.8. The van der Waals surface area contributed by atoms with Crippen LogP contribution in [0.15, 0.2) is 48.8 Å². The van der Waals surface area contributed by atoms with E-state index in [4.69, 9.17) is 9.47 Å². The number of pyridine rings is 1. The molecule has 1 heterocycles. The Labute approximate surface area is 123 Å². The predicted molar refractivity (Wildman–Crippen MR) is 79.2 cm³/mol. The number of hydrogen-bond donors (Lipinski definition) is 1. The van der Waals surface area contributed by atoms with Crippen LogP contribution in [0.2, 0.25) is 0 Å². The van der Waals surface area contributed by atoms with Crippen molar-refractivity contribution in [2.45, 2.75) is 19.6 Å². The lowest BCUT2D eigenvalue weighted by atomic mass is 10.2. The fraction of sp³-hybridized carbons (Fsp3) is 0.250. The number of amides is 1. The first-order chi connectivity index (χ1) is 10.2. The van der Waals surface area contributed by atoms with Gasteiger partial charge in [-0.3, -0.25) is 9.78 Å². The highest BCUT2D eigenvalue weighted by atomic mass is 16.5. The molecule has 2 rings (SSSR count). The maximum Gasteiger partial charge on any atom is 0.261 e. The molecule has 5 nitrogen and oxygen atoms in total. The van der Waals surface area contributed by atoms with Gasteiger partial charge < -0.3 is 14.8 Å². The minimum atomic E-state index is -0.608. The van der Waals surface area contributed by atoms with Crippen molar-refractivity contribution >= 4 is 5.91 Å². The number of nitrogens with one attached hydrogen (secondary N) is 1. The van der Waals surface area contributed by atoms with Gasteiger partial charge in [-0.25, -0.2) is 0 Å². The summed E-state index contributed by atoms with van der Waals surface area (Å²) in [6, 6.07) is 10.9. The van der Waals surface area contributed by atoms with E-state index in [-0.39, 0.29) is 5.91 Å². The fourth-order valence-corrected chi connectivity index (χ4v) is 1.79. The van der Waals surface area contributed by atoms with Gasteiger partial charge >= 0.3 is 0 Å². The second-order valence-electron chi connectivity index (χ2n) is 4.48. The Bertz CT molecular complexity index is 587. The first-order valence-corrected chi connectivity index (χ1v) is 6.67. The first kappa shape index (κ1) is 14.8. The molecule has 0 radical (unpaired) electrons. The smallest absolute Gasteiger partial charge is 0.261 e. The van der Waals surface area contributed by atoms with Gasteiger partial charge in [0.1, 0.15) is 0 Å². The van der Waals surface area contributed by atoms with Gasteiger partial charge in [-0.1, -0.05) is 12.1 Å². The van der Waals surface area contributed by atoms with Gasteiger partial charge in [0.2, 0.25) is 0 Å². The molecule has 1 atom stereocenters. The summed E-state index contributed by atoms with van der Waals surface area (Å²) in [7, 11) is 1.57. The highest BCUT2D eigenvalue weighted by Crippen LogP contribution is 2.26. The van der Waals surface area contributed by atoms with Crippen LogP contribution in [-0.2, 0) is 11.3 Å². The lowest BCUT2D eigenvalue weighted by Crippen LogP contribution is -2.35. The Kier molecular flexibility index (Phi) is 5.15. The Morgan fingerprint density at radius 2 is 1.86 bits per heavy atom. The van der Waals surface area contributed by atoms with Crippen molar-refractivity contribution in [3.63, 3.8) is 0 Å². The monoisotopic (exact) mass is 286 g/mol. The third-order valence-corrected chi connectivity index (χ3v) is 2.96. The van der Waals surface area contributed by atoms with E-state index in [1.54, 1.807) is 38.6 Å². The zero-order chi connectivity index (χ0) is 15.1. The first-order valence-electron chi connectivity index (χ1n) is 6.67. The molecule has 21 heavy (non-hydrogen) atoms. The molecule has 0 aliphatic heterocycles. The zero-order valence-electron chi connectivity index (χ0n) is 12.1. The second kappa shape index (κ2) is 7.28. The summed E-state index contributed by atoms with van der Waals surface area (Å²) in [6.45, 7) is 2.15. The quantitative estimate of drug-likeness (QED) is 0.884. The molecule has 0 unspecified atom stereocenters. The normalized spacial score (nSPS) is 11.5. The number of methoxy groups -OCH3 is 1. The van der Waals surface area contributed by atoms with Crippen LogP contribution in [-0.4, -0.2) is 24.1 Å². The maximum absolute atomic E-state index is 12.0. The average molecular weight is 286 g/mol. The number of aromatic nitrogens is 1. The molecule has 0 saturated heterocycles. The van der Waals surface area contributed by atoms with Crippen molar-refractivity contribution < 1.29 is 14.3 Å². The van der Waals surface area contributed by atoms with E-state index >= 15 is 0 Å². The van der Waals surface area contributed by atoms with Crippen molar-refractivity contribution in [3.8, 4) is 11.5 Å². The number of rotatable bonds is 6. The summed E-state index contributed by atoms with van der Waals surface area (Å²) in [5.74, 6) is 0.968. The highest BCUT2D eigenvalue weighted by Gasteiger charge is 2.16. The van der Waals surface area contributed by atoms with Crippen LogP contribution in [0.5, 0.6) is 11.5 Å². The van der Waals surface area contributed by atoms with E-state index in [9.17, 15) is 4.79 Å². The molecular formula is C16H18N2O3. The van der Waals surface area contributed by atoms with E-state index in [0.717, 1.165) is 5.56 Å². The summed E-state index contributed by atoms with van der Waals surface area (Å²) >= 11 is 0. The van der Waals surface area contributed by atoms with E-state index in [2.05, 4.69) is 10.3 Å². The minimum Gasteiger partial charge on any atom is -0.493 e. The van der Waals surface area contributed by atoms with Crippen LogP contribution in [0.1, 0.15) is 12.5 Å². The van der Waals surface area contributed by atoms with Gasteiger partial charge in [-0.15, -0.1) is 0 Å². The van der Waals surface area contributed by atoms with Gasteiger partial charge in [0.05, 0.1) is 7.11 Å². The Balaban J connectivity index is 1.90. The number of para-hydroxylation sites is 2.